The first-order valence-electron chi connectivity index (χ1n) is 6.08. The molecule has 3 N–H and O–H groups in total. The van der Waals surface area contributed by atoms with E-state index in [0.717, 1.165) is 17.7 Å². The van der Waals surface area contributed by atoms with Gasteiger partial charge in [-0.2, -0.15) is 11.8 Å². The van der Waals surface area contributed by atoms with E-state index in [0.29, 0.717) is 15.3 Å². The van der Waals surface area contributed by atoms with E-state index in [1.54, 1.807) is 0 Å². The zero-order chi connectivity index (χ0) is 13.5. The molecule has 2 atom stereocenters. The van der Waals surface area contributed by atoms with Crippen molar-refractivity contribution >= 4 is 35.0 Å². The lowest BCUT2D eigenvalue weighted by molar-refractivity contribution is 0.574. The first-order chi connectivity index (χ1) is 8.56. The molecule has 2 nitrogen and oxygen atoms in total. The molecule has 0 aliphatic rings. The van der Waals surface area contributed by atoms with E-state index >= 15 is 0 Å². The number of hydrogen-bond acceptors (Lipinski definition) is 3. The summed E-state index contributed by atoms with van der Waals surface area (Å²) in [6.45, 7) is 4.43. The Hall–Kier alpha value is 0.0700. The molecular weight excluding hydrogens is 287 g/mol. The highest BCUT2D eigenvalue weighted by Gasteiger charge is 2.11. The minimum absolute atomic E-state index is 0.251. The second-order valence-electron chi connectivity index (χ2n) is 4.37. The highest BCUT2D eigenvalue weighted by Crippen LogP contribution is 2.24. The summed E-state index contributed by atoms with van der Waals surface area (Å²) in [6, 6.07) is 5.98. The van der Waals surface area contributed by atoms with Crippen molar-refractivity contribution in [3.63, 3.8) is 0 Å². The number of benzene rings is 1. The van der Waals surface area contributed by atoms with Crippen molar-refractivity contribution < 1.29 is 0 Å². The summed E-state index contributed by atoms with van der Waals surface area (Å²) in [5.74, 6) is 6.59. The van der Waals surface area contributed by atoms with E-state index in [4.69, 9.17) is 29.0 Å². The highest BCUT2D eigenvalue weighted by atomic mass is 35.5. The Labute approximate surface area is 124 Å². The summed E-state index contributed by atoms with van der Waals surface area (Å²) in [6.07, 6.45) is 2.03. The molecule has 0 aliphatic heterocycles. The molecule has 0 aromatic heterocycles. The molecule has 102 valence electrons. The van der Waals surface area contributed by atoms with Crippen LogP contribution in [-0.4, -0.2) is 17.0 Å². The topological polar surface area (TPSA) is 38.0 Å². The largest absolute Gasteiger partial charge is 0.271 e. The summed E-state index contributed by atoms with van der Waals surface area (Å²) in [5.41, 5.74) is 4.02. The Balaban J connectivity index is 2.54. The van der Waals surface area contributed by atoms with Gasteiger partial charge in [-0.15, -0.1) is 0 Å². The quantitative estimate of drug-likeness (QED) is 0.593. The van der Waals surface area contributed by atoms with Gasteiger partial charge in [-0.25, -0.2) is 0 Å². The van der Waals surface area contributed by atoms with Gasteiger partial charge in [0, 0.05) is 17.0 Å². The maximum Gasteiger partial charge on any atom is 0.0595 e. The first kappa shape index (κ1) is 16.1. The van der Waals surface area contributed by atoms with Crippen molar-refractivity contribution in [1.29, 1.82) is 0 Å². The SMILES string of the molecule is CCC(C)SCC(Cc1ccc(Cl)c(Cl)c1)NN. The van der Waals surface area contributed by atoms with Gasteiger partial charge in [0.2, 0.25) is 0 Å². The monoisotopic (exact) mass is 306 g/mol. The lowest BCUT2D eigenvalue weighted by atomic mass is 10.1. The number of thioether (sulfide) groups is 1. The zero-order valence-corrected chi connectivity index (χ0v) is 13.1. The number of halogens is 2. The maximum atomic E-state index is 6.00. The van der Waals surface area contributed by atoms with Crippen LogP contribution in [0.25, 0.3) is 0 Å². The lowest BCUT2D eigenvalue weighted by Gasteiger charge is -2.18. The Morgan fingerprint density at radius 2 is 2.06 bits per heavy atom. The van der Waals surface area contributed by atoms with Crippen molar-refractivity contribution in [1.82, 2.24) is 5.43 Å². The van der Waals surface area contributed by atoms with E-state index in [1.807, 2.05) is 30.0 Å². The van der Waals surface area contributed by atoms with Crippen molar-refractivity contribution in [2.45, 2.75) is 38.0 Å². The fourth-order valence-corrected chi connectivity index (χ4v) is 2.85. The van der Waals surface area contributed by atoms with Gasteiger partial charge < -0.3 is 0 Å². The van der Waals surface area contributed by atoms with Crippen LogP contribution in [0.4, 0.5) is 0 Å². The molecule has 1 aromatic carbocycles. The van der Waals surface area contributed by atoms with E-state index in [-0.39, 0.29) is 6.04 Å². The van der Waals surface area contributed by atoms with Gasteiger partial charge in [0.05, 0.1) is 10.0 Å². The zero-order valence-electron chi connectivity index (χ0n) is 10.7. The third kappa shape index (κ3) is 5.37. The maximum absolute atomic E-state index is 6.00. The van der Waals surface area contributed by atoms with Crippen LogP contribution in [0.5, 0.6) is 0 Å². The molecule has 0 radical (unpaired) electrons. The molecule has 0 bridgehead atoms. The second kappa shape index (κ2) is 8.28. The molecule has 18 heavy (non-hydrogen) atoms. The normalized spacial score (nSPS) is 14.5. The minimum Gasteiger partial charge on any atom is -0.271 e. The molecule has 0 amide bonds. The Bertz CT molecular complexity index is 374. The van der Waals surface area contributed by atoms with Gasteiger partial charge in [-0.05, 0) is 30.5 Å². The third-order valence-corrected chi connectivity index (χ3v) is 5.09. The van der Waals surface area contributed by atoms with Gasteiger partial charge >= 0.3 is 0 Å². The van der Waals surface area contributed by atoms with Crippen LogP contribution in [0.2, 0.25) is 10.0 Å². The number of nitrogens with two attached hydrogens (primary N) is 1. The average Bonchev–Trinajstić information content (AvgIpc) is 2.38. The summed E-state index contributed by atoms with van der Waals surface area (Å²) >= 11 is 13.8. The standard InChI is InChI=1S/C13H20Cl2N2S/c1-3-9(2)18-8-11(17-16)6-10-4-5-12(14)13(15)7-10/h4-5,7,9,11,17H,3,6,8,16H2,1-2H3. The van der Waals surface area contributed by atoms with E-state index in [2.05, 4.69) is 19.3 Å². The fourth-order valence-electron chi connectivity index (χ4n) is 1.52. The van der Waals surface area contributed by atoms with E-state index in [9.17, 15) is 0 Å². The van der Waals surface area contributed by atoms with Crippen molar-refractivity contribution in [2.24, 2.45) is 5.84 Å². The first-order valence-corrected chi connectivity index (χ1v) is 7.89. The van der Waals surface area contributed by atoms with Gasteiger partial charge in [0.25, 0.3) is 0 Å². The number of hydrogen-bond donors (Lipinski definition) is 2. The van der Waals surface area contributed by atoms with Crippen LogP contribution >= 0.6 is 35.0 Å². The minimum atomic E-state index is 0.251. The Morgan fingerprint density at radius 1 is 1.33 bits per heavy atom. The summed E-state index contributed by atoms with van der Waals surface area (Å²) in [7, 11) is 0. The van der Waals surface area contributed by atoms with Crippen molar-refractivity contribution in [2.75, 3.05) is 5.75 Å². The third-order valence-electron chi connectivity index (χ3n) is 2.86. The molecule has 2 unspecified atom stereocenters. The second-order valence-corrected chi connectivity index (χ2v) is 6.65. The molecule has 0 saturated heterocycles. The molecular formula is C13H20Cl2N2S. The fraction of sp³-hybridized carbons (Fsp3) is 0.538. The molecule has 1 aromatic rings. The molecule has 0 spiro atoms. The Morgan fingerprint density at radius 3 is 2.61 bits per heavy atom. The number of rotatable bonds is 7. The van der Waals surface area contributed by atoms with Crippen LogP contribution in [-0.2, 0) is 6.42 Å². The van der Waals surface area contributed by atoms with Crippen LogP contribution in [0.3, 0.4) is 0 Å². The molecule has 0 saturated carbocycles. The average molecular weight is 307 g/mol. The molecule has 0 heterocycles. The summed E-state index contributed by atoms with van der Waals surface area (Å²) in [5, 5.41) is 1.85. The summed E-state index contributed by atoms with van der Waals surface area (Å²) in [4.78, 5) is 0. The summed E-state index contributed by atoms with van der Waals surface area (Å²) < 4.78 is 0. The predicted octanol–water partition coefficient (Wildman–Crippen LogP) is 3.90. The van der Waals surface area contributed by atoms with E-state index < -0.39 is 0 Å². The van der Waals surface area contributed by atoms with Gasteiger partial charge in [0.15, 0.2) is 0 Å². The van der Waals surface area contributed by atoms with Crippen LogP contribution in [0.15, 0.2) is 18.2 Å². The smallest absolute Gasteiger partial charge is 0.0595 e. The molecule has 0 aliphatic carbocycles. The molecule has 1 rings (SSSR count). The van der Waals surface area contributed by atoms with Crippen molar-refractivity contribution in [3.05, 3.63) is 33.8 Å². The number of nitrogens with one attached hydrogen (secondary N) is 1. The number of hydrazine groups is 1. The Kier molecular flexibility index (Phi) is 7.42. The van der Waals surface area contributed by atoms with Gasteiger partial charge in [-0.1, -0.05) is 43.1 Å². The van der Waals surface area contributed by atoms with Crippen LogP contribution in [0, 0.1) is 0 Å². The predicted molar refractivity (Wildman–Crippen MR) is 83.5 cm³/mol. The lowest BCUT2D eigenvalue weighted by Crippen LogP contribution is -2.39. The molecule has 5 heteroatoms. The van der Waals surface area contributed by atoms with Crippen LogP contribution in [0.1, 0.15) is 25.8 Å². The molecule has 0 fully saturated rings. The van der Waals surface area contributed by atoms with E-state index in [1.165, 1.54) is 6.42 Å². The van der Waals surface area contributed by atoms with Crippen LogP contribution < -0.4 is 11.3 Å². The highest BCUT2D eigenvalue weighted by molar-refractivity contribution is 7.99. The van der Waals surface area contributed by atoms with Crippen molar-refractivity contribution in [3.8, 4) is 0 Å². The van der Waals surface area contributed by atoms with Gasteiger partial charge in [0.1, 0.15) is 0 Å². The van der Waals surface area contributed by atoms with Gasteiger partial charge in [-0.3, -0.25) is 11.3 Å².